The standard InChI is InChI=1S/C25H41N3O4Si/c1-7-8-9-12-18-15-28(27-26-18)16-20-19-14-21(32-33(4,5)6)17(2)11-10-13-25(3)23(31-25)22(19)30-24(20)29/h11,15,19-23H,7-10,12-14,16H2,1-6H3/b17-11+/t19-,20-,21+,22-,23-,25+/m0/s1. The quantitative estimate of drug-likeness (QED) is 0.179. The summed E-state index contributed by atoms with van der Waals surface area (Å²) in [5.74, 6) is -0.382. The lowest BCUT2D eigenvalue weighted by atomic mass is 9.80. The Balaban J connectivity index is 1.56. The molecule has 2 fully saturated rings. The lowest BCUT2D eigenvalue weighted by molar-refractivity contribution is -0.145. The van der Waals surface area contributed by atoms with Crippen LogP contribution in [0.1, 0.15) is 65.0 Å². The van der Waals surface area contributed by atoms with E-state index in [1.165, 1.54) is 18.4 Å². The summed E-state index contributed by atoms with van der Waals surface area (Å²) < 4.78 is 20.6. The topological polar surface area (TPSA) is 78.8 Å². The summed E-state index contributed by atoms with van der Waals surface area (Å²) in [4.78, 5) is 13.1. The molecular formula is C25H41N3O4Si. The maximum absolute atomic E-state index is 13.1. The minimum atomic E-state index is -1.77. The van der Waals surface area contributed by atoms with Crippen molar-refractivity contribution < 1.29 is 18.7 Å². The maximum Gasteiger partial charge on any atom is 0.311 e. The van der Waals surface area contributed by atoms with E-state index in [2.05, 4.69) is 56.8 Å². The number of unbranched alkanes of at least 4 members (excludes halogenated alkanes) is 2. The van der Waals surface area contributed by atoms with Crippen LogP contribution in [-0.4, -0.2) is 53.2 Å². The van der Waals surface area contributed by atoms with E-state index >= 15 is 0 Å². The first kappa shape index (κ1) is 24.6. The van der Waals surface area contributed by atoms with Crippen LogP contribution in [-0.2, 0) is 31.7 Å². The zero-order valence-corrected chi connectivity index (χ0v) is 22.2. The van der Waals surface area contributed by atoms with E-state index in [1.54, 1.807) is 0 Å². The third-order valence-corrected chi connectivity index (χ3v) is 8.33. The average Bonchev–Trinajstić information content (AvgIpc) is 3.04. The summed E-state index contributed by atoms with van der Waals surface area (Å²) in [5.41, 5.74) is 2.05. The fourth-order valence-corrected chi connectivity index (χ4v) is 6.53. The van der Waals surface area contributed by atoms with Crippen molar-refractivity contribution in [3.05, 3.63) is 23.5 Å². The van der Waals surface area contributed by atoms with Gasteiger partial charge in [-0.15, -0.1) is 5.10 Å². The second-order valence-corrected chi connectivity index (χ2v) is 15.8. The minimum absolute atomic E-state index is 0.00428. The normalized spacial score (nSPS) is 35.9. The molecule has 7 nitrogen and oxygen atoms in total. The molecule has 0 aromatic carbocycles. The highest BCUT2D eigenvalue weighted by Crippen LogP contribution is 2.50. The largest absolute Gasteiger partial charge is 0.459 e. The Hall–Kier alpha value is -1.51. The molecule has 2 saturated heterocycles. The molecule has 3 heterocycles. The van der Waals surface area contributed by atoms with E-state index in [4.69, 9.17) is 13.9 Å². The number of rotatable bonds is 8. The zero-order chi connectivity index (χ0) is 23.8. The van der Waals surface area contributed by atoms with E-state index in [-0.39, 0.29) is 41.7 Å². The molecule has 4 rings (SSSR count). The highest BCUT2D eigenvalue weighted by atomic mass is 28.4. The van der Waals surface area contributed by atoms with Crippen molar-refractivity contribution in [2.24, 2.45) is 11.8 Å². The van der Waals surface area contributed by atoms with Crippen molar-refractivity contribution in [1.82, 2.24) is 15.0 Å². The number of ether oxygens (including phenoxy) is 2. The molecule has 33 heavy (non-hydrogen) atoms. The number of hydrogen-bond acceptors (Lipinski definition) is 6. The Morgan fingerprint density at radius 3 is 2.82 bits per heavy atom. The van der Waals surface area contributed by atoms with Crippen LogP contribution in [0, 0.1) is 11.8 Å². The van der Waals surface area contributed by atoms with Gasteiger partial charge in [-0.1, -0.05) is 31.1 Å². The van der Waals surface area contributed by atoms with E-state index < -0.39 is 8.32 Å². The molecule has 0 saturated carbocycles. The van der Waals surface area contributed by atoms with E-state index in [0.717, 1.165) is 37.8 Å². The molecule has 0 spiro atoms. The van der Waals surface area contributed by atoms with Crippen LogP contribution in [0.2, 0.25) is 19.6 Å². The summed E-state index contributed by atoms with van der Waals surface area (Å²) in [6.45, 7) is 13.7. The van der Waals surface area contributed by atoms with Crippen molar-refractivity contribution in [1.29, 1.82) is 0 Å². The third-order valence-electron chi connectivity index (χ3n) is 7.34. The molecule has 0 unspecified atom stereocenters. The summed E-state index contributed by atoms with van der Waals surface area (Å²) in [6, 6.07) is 0. The predicted molar refractivity (Wildman–Crippen MR) is 129 cm³/mol. The summed E-state index contributed by atoms with van der Waals surface area (Å²) in [6.07, 6.45) is 11.1. The maximum atomic E-state index is 13.1. The molecule has 3 aliphatic rings. The van der Waals surface area contributed by atoms with E-state index in [9.17, 15) is 4.79 Å². The molecule has 0 amide bonds. The molecule has 2 aliphatic heterocycles. The molecule has 1 aromatic rings. The molecule has 0 N–H and O–H groups in total. The Kier molecular flexibility index (Phi) is 7.17. The van der Waals surface area contributed by atoms with Crippen LogP contribution in [0.4, 0.5) is 0 Å². The fourth-order valence-electron chi connectivity index (χ4n) is 5.40. The SMILES string of the molecule is CCCCCc1cn(C[C@@H]2C(=O)O[C@H]3[C@H]2C[C@@H](O[Si](C)(C)C)/C(C)=C/CC[C@@]2(C)O[C@@H]32)nn1. The Bertz CT molecular complexity index is 879. The number of fused-ring (bicyclic) bond motifs is 3. The third kappa shape index (κ3) is 5.77. The Labute approximate surface area is 199 Å². The van der Waals surface area contributed by atoms with Gasteiger partial charge in [-0.05, 0) is 71.2 Å². The zero-order valence-electron chi connectivity index (χ0n) is 21.2. The van der Waals surface area contributed by atoms with Gasteiger partial charge in [0, 0.05) is 12.1 Å². The predicted octanol–water partition coefficient (Wildman–Crippen LogP) is 4.68. The fraction of sp³-hybridized carbons (Fsp3) is 0.800. The lowest BCUT2D eigenvalue weighted by Crippen LogP contribution is -2.39. The van der Waals surface area contributed by atoms with Gasteiger partial charge in [0.2, 0.25) is 0 Å². The number of nitrogens with zero attached hydrogens (tertiary/aromatic N) is 3. The second kappa shape index (κ2) is 9.62. The summed E-state index contributed by atoms with van der Waals surface area (Å²) in [5, 5.41) is 8.67. The van der Waals surface area contributed by atoms with Gasteiger partial charge in [0.05, 0.1) is 29.9 Å². The molecule has 6 atom stereocenters. The van der Waals surface area contributed by atoms with Crippen molar-refractivity contribution in [2.75, 3.05) is 0 Å². The number of carbonyl (C=O) groups is 1. The van der Waals surface area contributed by atoms with E-state index in [1.807, 2.05) is 10.9 Å². The van der Waals surface area contributed by atoms with Crippen LogP contribution in [0.25, 0.3) is 0 Å². The number of allylic oxidation sites excluding steroid dienone is 1. The number of esters is 1. The number of aromatic nitrogens is 3. The molecule has 184 valence electrons. The van der Waals surface area contributed by atoms with Gasteiger partial charge in [-0.2, -0.15) is 0 Å². The van der Waals surface area contributed by atoms with Gasteiger partial charge in [0.1, 0.15) is 12.2 Å². The van der Waals surface area contributed by atoms with E-state index in [0.29, 0.717) is 6.54 Å². The first-order valence-corrected chi connectivity index (χ1v) is 16.1. The molecule has 8 heteroatoms. The van der Waals surface area contributed by atoms with Crippen LogP contribution < -0.4 is 0 Å². The second-order valence-electron chi connectivity index (χ2n) is 11.4. The smallest absolute Gasteiger partial charge is 0.311 e. The first-order valence-electron chi connectivity index (χ1n) is 12.7. The van der Waals surface area contributed by atoms with Crippen LogP contribution in [0.3, 0.4) is 0 Å². The van der Waals surface area contributed by atoms with Gasteiger partial charge in [-0.25, -0.2) is 0 Å². The monoisotopic (exact) mass is 475 g/mol. The first-order chi connectivity index (χ1) is 15.6. The Morgan fingerprint density at radius 2 is 2.09 bits per heavy atom. The van der Waals surface area contributed by atoms with Gasteiger partial charge in [-0.3, -0.25) is 9.48 Å². The van der Waals surface area contributed by atoms with Gasteiger partial charge in [0.25, 0.3) is 0 Å². The van der Waals surface area contributed by atoms with Crippen LogP contribution >= 0.6 is 0 Å². The van der Waals surface area contributed by atoms with Crippen molar-refractivity contribution in [3.8, 4) is 0 Å². The van der Waals surface area contributed by atoms with Crippen LogP contribution in [0.5, 0.6) is 0 Å². The van der Waals surface area contributed by atoms with Gasteiger partial charge >= 0.3 is 5.97 Å². The number of carbonyl (C=O) groups excluding carboxylic acids is 1. The highest BCUT2D eigenvalue weighted by Gasteiger charge is 2.63. The lowest BCUT2D eigenvalue weighted by Gasteiger charge is -2.32. The molecule has 1 aromatic heterocycles. The average molecular weight is 476 g/mol. The molecular weight excluding hydrogens is 434 g/mol. The van der Waals surface area contributed by atoms with Crippen molar-refractivity contribution in [3.63, 3.8) is 0 Å². The summed E-state index contributed by atoms with van der Waals surface area (Å²) in [7, 11) is -1.77. The minimum Gasteiger partial charge on any atom is -0.459 e. The van der Waals surface area contributed by atoms with Gasteiger partial charge < -0.3 is 13.9 Å². The highest BCUT2D eigenvalue weighted by molar-refractivity contribution is 6.69. The molecule has 1 aliphatic carbocycles. The summed E-state index contributed by atoms with van der Waals surface area (Å²) >= 11 is 0. The molecule has 0 radical (unpaired) electrons. The Morgan fingerprint density at radius 1 is 1.30 bits per heavy atom. The van der Waals surface area contributed by atoms with Crippen molar-refractivity contribution in [2.45, 2.75) is 116 Å². The van der Waals surface area contributed by atoms with Gasteiger partial charge in [0.15, 0.2) is 8.32 Å². The van der Waals surface area contributed by atoms with Crippen molar-refractivity contribution >= 4 is 14.3 Å². The number of hydrogen-bond donors (Lipinski definition) is 0. The number of epoxide rings is 1. The molecule has 0 bridgehead atoms. The number of aryl methyl sites for hydroxylation is 1. The van der Waals surface area contributed by atoms with Crippen LogP contribution in [0.15, 0.2) is 17.8 Å².